The molecule has 1 aromatic heterocycles. The van der Waals surface area contributed by atoms with E-state index in [1.54, 1.807) is 0 Å². The van der Waals surface area contributed by atoms with Crippen molar-refractivity contribution in [2.24, 2.45) is 0 Å². The topological polar surface area (TPSA) is 35.0 Å². The van der Waals surface area contributed by atoms with Gasteiger partial charge in [-0.1, -0.05) is 0 Å². The summed E-state index contributed by atoms with van der Waals surface area (Å²) in [5.74, 6) is -0.355. The van der Waals surface area contributed by atoms with E-state index in [0.717, 1.165) is 6.20 Å². The first kappa shape index (κ1) is 3.01. The van der Waals surface area contributed by atoms with Gasteiger partial charge in [0.05, 0.1) is 19.8 Å². The highest BCUT2D eigenvalue weighted by molar-refractivity contribution is 9.10. The number of hydrogen-bond acceptors (Lipinski definition) is 3. The van der Waals surface area contributed by atoms with Gasteiger partial charge in [-0.05, 0) is 29.6 Å². The third kappa shape index (κ3) is 2.84. The third-order valence-electron chi connectivity index (χ3n) is 0.790. The number of hydrogen-bond donors (Lipinski definition) is 0. The van der Waals surface area contributed by atoms with Gasteiger partial charge in [0, 0.05) is 8.22 Å². The summed E-state index contributed by atoms with van der Waals surface area (Å²) in [6.45, 7) is -6.33. The Balaban J connectivity index is 3.16. The van der Waals surface area contributed by atoms with E-state index in [1.807, 2.05) is 0 Å². The summed E-state index contributed by atoms with van der Waals surface area (Å²) in [5.41, 5.74) is 0. The quantitative estimate of drug-likeness (QED) is 0.770. The Labute approximate surface area is 83.8 Å². The van der Waals surface area contributed by atoms with Crippen LogP contribution in [0.15, 0.2) is 17.0 Å². The van der Waals surface area contributed by atoms with Gasteiger partial charge < -0.3 is 4.74 Å². The van der Waals surface area contributed by atoms with Gasteiger partial charge in [-0.15, -0.1) is 0 Å². The smallest absolute Gasteiger partial charge is 0.233 e. The second-order valence-corrected chi connectivity index (χ2v) is 2.42. The Kier molecular flexibility index (Phi) is 1.00. The van der Waals surface area contributed by atoms with Crippen molar-refractivity contribution in [3.63, 3.8) is 0 Å². The standard InChI is InChI=1S/C7H9BrN2O/c1-5(2)11-7-4-9-3-6(8)10-7/h3-5H,1-2H3/i1D3,2D3,5D. The molecule has 3 nitrogen and oxygen atoms in total. The SMILES string of the molecule is [2H]C([2H])([2H])C([2H])(Oc1cncc(Br)n1)C([2H])([2H])[2H]. The molecule has 11 heavy (non-hydrogen) atoms. The van der Waals surface area contributed by atoms with Gasteiger partial charge in [0.2, 0.25) is 5.88 Å². The molecule has 0 bridgehead atoms. The highest BCUT2D eigenvalue weighted by Crippen LogP contribution is 2.10. The minimum absolute atomic E-state index is 0.235. The lowest BCUT2D eigenvalue weighted by atomic mass is 10.5. The van der Waals surface area contributed by atoms with E-state index in [0.29, 0.717) is 0 Å². The van der Waals surface area contributed by atoms with Gasteiger partial charge in [0.25, 0.3) is 0 Å². The normalized spacial score (nSPS) is 22.8. The van der Waals surface area contributed by atoms with E-state index in [4.69, 9.17) is 14.3 Å². The second kappa shape index (κ2) is 3.67. The molecule has 0 aromatic carbocycles. The molecular formula is C7H9BrN2O. The molecule has 0 saturated carbocycles. The average Bonchev–Trinajstić information content (AvgIpc) is 2.13. The molecule has 1 rings (SSSR count). The molecule has 0 N–H and O–H groups in total. The van der Waals surface area contributed by atoms with Crippen LogP contribution >= 0.6 is 15.9 Å². The Morgan fingerprint density at radius 3 is 3.18 bits per heavy atom. The molecule has 4 heteroatoms. The summed E-state index contributed by atoms with van der Waals surface area (Å²) >= 11 is 2.97. The zero-order chi connectivity index (χ0) is 14.2. The van der Waals surface area contributed by atoms with Crippen molar-refractivity contribution >= 4 is 15.9 Å². The molecule has 0 fully saturated rings. The van der Waals surface area contributed by atoms with Crippen LogP contribution < -0.4 is 4.74 Å². The minimum atomic E-state index is -3.16. The van der Waals surface area contributed by atoms with Crippen LogP contribution in [-0.4, -0.2) is 16.0 Å². The molecule has 0 amide bonds. The summed E-state index contributed by atoms with van der Waals surface area (Å²) in [4.78, 5) is 7.34. The Bertz CT molecular complexity index is 419. The zero-order valence-electron chi connectivity index (χ0n) is 12.3. The summed E-state index contributed by atoms with van der Waals surface area (Å²) in [6, 6.07) is 0. The molecule has 1 heterocycles. The van der Waals surface area contributed by atoms with Gasteiger partial charge in [0.1, 0.15) is 4.60 Å². The van der Waals surface area contributed by atoms with E-state index < -0.39 is 19.8 Å². The van der Waals surface area contributed by atoms with Crippen LogP contribution in [0.5, 0.6) is 5.88 Å². The van der Waals surface area contributed by atoms with Gasteiger partial charge in [-0.3, -0.25) is 4.98 Å². The van der Waals surface area contributed by atoms with Crippen molar-refractivity contribution in [1.29, 1.82) is 0 Å². The van der Waals surface area contributed by atoms with E-state index in [2.05, 4.69) is 25.9 Å². The van der Waals surface area contributed by atoms with Crippen molar-refractivity contribution in [3.05, 3.63) is 17.0 Å². The number of aromatic nitrogens is 2. The van der Waals surface area contributed by atoms with Gasteiger partial charge in [-0.2, -0.15) is 0 Å². The average molecular weight is 224 g/mol. The largest absolute Gasteiger partial charge is 0.474 e. The molecule has 0 aliphatic carbocycles. The maximum atomic E-state index is 7.60. The molecule has 0 unspecified atom stereocenters. The van der Waals surface area contributed by atoms with Crippen LogP contribution in [0.1, 0.15) is 23.3 Å². The highest BCUT2D eigenvalue weighted by Gasteiger charge is 1.98. The number of nitrogens with zero attached hydrogens (tertiary/aromatic N) is 2. The third-order valence-corrected chi connectivity index (χ3v) is 1.17. The fourth-order valence-electron chi connectivity index (χ4n) is 0.479. The monoisotopic (exact) mass is 223 g/mol. The van der Waals surface area contributed by atoms with E-state index >= 15 is 0 Å². The first-order valence-corrected chi connectivity index (χ1v) is 3.43. The van der Waals surface area contributed by atoms with Crippen LogP contribution in [0.2, 0.25) is 0 Å². The first-order chi connectivity index (χ1) is 7.97. The van der Waals surface area contributed by atoms with Crippen LogP contribution in [0.3, 0.4) is 0 Å². The van der Waals surface area contributed by atoms with Crippen molar-refractivity contribution in [2.75, 3.05) is 0 Å². The zero-order valence-corrected chi connectivity index (χ0v) is 6.92. The fraction of sp³-hybridized carbons (Fsp3) is 0.429. The Hall–Kier alpha value is -0.640. The molecule has 0 saturated heterocycles. The Morgan fingerprint density at radius 1 is 1.73 bits per heavy atom. The maximum Gasteiger partial charge on any atom is 0.233 e. The minimum Gasteiger partial charge on any atom is -0.474 e. The van der Waals surface area contributed by atoms with E-state index in [1.165, 1.54) is 6.20 Å². The van der Waals surface area contributed by atoms with Gasteiger partial charge >= 0.3 is 0 Å². The summed E-state index contributed by atoms with van der Waals surface area (Å²) in [5, 5.41) is 0. The first-order valence-electron chi connectivity index (χ1n) is 6.14. The predicted molar refractivity (Wildman–Crippen MR) is 45.5 cm³/mol. The fourth-order valence-corrected chi connectivity index (χ4v) is 0.772. The van der Waals surface area contributed by atoms with Gasteiger partial charge in [-0.25, -0.2) is 4.98 Å². The lowest BCUT2D eigenvalue weighted by Gasteiger charge is -2.06. The lowest BCUT2D eigenvalue weighted by Crippen LogP contribution is -2.06. The van der Waals surface area contributed by atoms with Crippen molar-refractivity contribution < 1.29 is 14.3 Å². The van der Waals surface area contributed by atoms with E-state index in [-0.39, 0.29) is 10.5 Å². The van der Waals surface area contributed by atoms with Crippen LogP contribution in [0, 0.1) is 0 Å². The molecule has 0 atom stereocenters. The second-order valence-electron chi connectivity index (χ2n) is 1.61. The predicted octanol–water partition coefficient (Wildman–Crippen LogP) is 2.03. The van der Waals surface area contributed by atoms with Gasteiger partial charge in [0.15, 0.2) is 0 Å². The van der Waals surface area contributed by atoms with Crippen LogP contribution in [0.25, 0.3) is 0 Å². The van der Waals surface area contributed by atoms with Crippen molar-refractivity contribution in [1.82, 2.24) is 9.97 Å². The highest BCUT2D eigenvalue weighted by atomic mass is 79.9. The lowest BCUT2D eigenvalue weighted by molar-refractivity contribution is 0.231. The molecule has 0 aliphatic heterocycles. The Morgan fingerprint density at radius 2 is 2.55 bits per heavy atom. The molecule has 0 radical (unpaired) electrons. The number of rotatable bonds is 2. The van der Waals surface area contributed by atoms with E-state index in [9.17, 15) is 0 Å². The molecule has 0 spiro atoms. The summed E-state index contributed by atoms with van der Waals surface area (Å²) in [6.07, 6.45) is -0.760. The summed E-state index contributed by atoms with van der Waals surface area (Å²) < 4.78 is 55.5. The number of ether oxygens (including phenoxy) is 1. The molecule has 1 aromatic rings. The molecule has 60 valence electrons. The maximum absolute atomic E-state index is 7.60. The van der Waals surface area contributed by atoms with Crippen LogP contribution in [-0.2, 0) is 0 Å². The van der Waals surface area contributed by atoms with Crippen molar-refractivity contribution in [2.45, 2.75) is 19.8 Å². The number of halogens is 1. The molecule has 0 aliphatic rings. The van der Waals surface area contributed by atoms with Crippen LogP contribution in [0.4, 0.5) is 0 Å². The summed E-state index contributed by atoms with van der Waals surface area (Å²) in [7, 11) is 0. The molecular weight excluding hydrogens is 208 g/mol. The van der Waals surface area contributed by atoms with Crippen molar-refractivity contribution in [3.8, 4) is 5.88 Å².